The molecular weight excluding hydrogens is 426 g/mol. The lowest BCUT2D eigenvalue weighted by atomic mass is 10.0. The van der Waals surface area contributed by atoms with E-state index < -0.39 is 0 Å². The monoisotopic (exact) mass is 457 g/mol. The molecule has 0 spiro atoms. The van der Waals surface area contributed by atoms with Crippen molar-refractivity contribution in [2.24, 2.45) is 0 Å². The number of hydrogen-bond donors (Lipinski definition) is 0. The Balaban J connectivity index is 1.51. The van der Waals surface area contributed by atoms with Gasteiger partial charge in [0.1, 0.15) is 5.75 Å². The molecule has 4 aromatic rings. The molecule has 0 saturated carbocycles. The minimum Gasteiger partial charge on any atom is -0.497 e. The Labute approximate surface area is 209 Å². The number of ether oxygens (including phenoxy) is 1. The Morgan fingerprint density at radius 3 is 1.74 bits per heavy atom. The summed E-state index contributed by atoms with van der Waals surface area (Å²) in [6.45, 7) is 4.29. The van der Waals surface area contributed by atoms with Crippen molar-refractivity contribution in [3.63, 3.8) is 0 Å². The summed E-state index contributed by atoms with van der Waals surface area (Å²) in [5, 5.41) is 0. The molecule has 0 N–H and O–H groups in total. The molecule has 0 aliphatic rings. The number of rotatable bonds is 8. The Morgan fingerprint density at radius 1 is 0.657 bits per heavy atom. The van der Waals surface area contributed by atoms with Gasteiger partial charge in [0.05, 0.1) is 7.11 Å². The van der Waals surface area contributed by atoms with E-state index in [2.05, 4.69) is 128 Å². The van der Waals surface area contributed by atoms with Crippen LogP contribution in [0.25, 0.3) is 11.6 Å². The van der Waals surface area contributed by atoms with Gasteiger partial charge in [0.25, 0.3) is 0 Å². The van der Waals surface area contributed by atoms with Gasteiger partial charge >= 0.3 is 0 Å². The van der Waals surface area contributed by atoms with E-state index in [4.69, 9.17) is 4.74 Å². The summed E-state index contributed by atoms with van der Waals surface area (Å²) in [7, 11) is 1.68. The SMILES string of the molecule is COc1ccc(C=CC=C(C)C=C(C)c2ccc(N(c3ccccc3)c3ccccc3)cc2)cc1. The van der Waals surface area contributed by atoms with Crippen molar-refractivity contribution in [3.05, 3.63) is 144 Å². The molecule has 0 unspecified atom stereocenters. The minimum absolute atomic E-state index is 0.870. The lowest BCUT2D eigenvalue weighted by Crippen LogP contribution is -2.09. The molecule has 2 nitrogen and oxygen atoms in total. The van der Waals surface area contributed by atoms with E-state index in [0.717, 1.165) is 28.4 Å². The summed E-state index contributed by atoms with van der Waals surface area (Å²) >= 11 is 0. The van der Waals surface area contributed by atoms with Crippen LogP contribution < -0.4 is 9.64 Å². The number of nitrogens with zero attached hydrogens (tertiary/aromatic N) is 1. The summed E-state index contributed by atoms with van der Waals surface area (Å²) in [5.74, 6) is 0.870. The van der Waals surface area contributed by atoms with Gasteiger partial charge in [0.2, 0.25) is 0 Å². The molecule has 0 aliphatic heterocycles. The zero-order valence-electron chi connectivity index (χ0n) is 20.6. The fraction of sp³-hybridized carbons (Fsp3) is 0.0909. The zero-order valence-corrected chi connectivity index (χ0v) is 20.6. The van der Waals surface area contributed by atoms with Gasteiger partial charge < -0.3 is 9.64 Å². The van der Waals surface area contributed by atoms with Gasteiger partial charge in [-0.1, -0.05) is 90.5 Å². The van der Waals surface area contributed by atoms with Crippen LogP contribution in [0, 0.1) is 0 Å². The highest BCUT2D eigenvalue weighted by atomic mass is 16.5. The molecule has 2 heteroatoms. The minimum atomic E-state index is 0.870. The number of allylic oxidation sites excluding steroid dienone is 5. The van der Waals surface area contributed by atoms with Gasteiger partial charge in [-0.15, -0.1) is 0 Å². The zero-order chi connectivity index (χ0) is 24.5. The molecule has 0 heterocycles. The third-order valence-electron chi connectivity index (χ3n) is 5.82. The number of para-hydroxylation sites is 2. The Kier molecular flexibility index (Phi) is 7.98. The lowest BCUT2D eigenvalue weighted by Gasteiger charge is -2.25. The first-order chi connectivity index (χ1) is 17.1. The van der Waals surface area contributed by atoms with Crippen molar-refractivity contribution in [1.82, 2.24) is 0 Å². The maximum atomic E-state index is 5.22. The summed E-state index contributed by atoms with van der Waals surface area (Å²) in [6, 6.07) is 37.8. The molecule has 0 fully saturated rings. The number of hydrogen-bond acceptors (Lipinski definition) is 2. The quantitative estimate of drug-likeness (QED) is 0.244. The summed E-state index contributed by atoms with van der Waals surface area (Å²) in [4.78, 5) is 2.28. The van der Waals surface area contributed by atoms with Crippen LogP contribution >= 0.6 is 0 Å². The van der Waals surface area contributed by atoms with Gasteiger partial charge in [-0.3, -0.25) is 0 Å². The second-order valence-corrected chi connectivity index (χ2v) is 8.42. The maximum Gasteiger partial charge on any atom is 0.118 e. The third-order valence-corrected chi connectivity index (χ3v) is 5.82. The molecule has 0 amide bonds. The first kappa shape index (κ1) is 23.8. The van der Waals surface area contributed by atoms with Crippen LogP contribution in [0.4, 0.5) is 17.1 Å². The predicted molar refractivity (Wildman–Crippen MR) is 151 cm³/mol. The standard InChI is InChI=1S/C33H31NO/c1-26(11-10-12-28-17-23-33(35-3)24-18-28)25-27(2)29-19-21-32(22-20-29)34(30-13-6-4-7-14-30)31-15-8-5-9-16-31/h4-25H,1-3H3. The third kappa shape index (κ3) is 6.39. The molecule has 0 saturated heterocycles. The van der Waals surface area contributed by atoms with Crippen molar-refractivity contribution >= 4 is 28.7 Å². The van der Waals surface area contributed by atoms with E-state index in [1.807, 2.05) is 24.3 Å². The van der Waals surface area contributed by atoms with Gasteiger partial charge in [0.15, 0.2) is 0 Å². The Morgan fingerprint density at radius 2 is 1.20 bits per heavy atom. The molecule has 174 valence electrons. The maximum absolute atomic E-state index is 5.22. The molecule has 0 aliphatic carbocycles. The molecule has 0 radical (unpaired) electrons. The van der Waals surface area contributed by atoms with Gasteiger partial charge in [0, 0.05) is 17.1 Å². The molecule has 0 aromatic heterocycles. The van der Waals surface area contributed by atoms with Crippen molar-refractivity contribution in [2.75, 3.05) is 12.0 Å². The van der Waals surface area contributed by atoms with Crippen LogP contribution in [0.1, 0.15) is 25.0 Å². The largest absolute Gasteiger partial charge is 0.497 e. The Hall–Kier alpha value is -4.30. The fourth-order valence-electron chi connectivity index (χ4n) is 3.97. The fourth-order valence-corrected chi connectivity index (χ4v) is 3.97. The van der Waals surface area contributed by atoms with Crippen molar-refractivity contribution < 1.29 is 4.74 Å². The van der Waals surface area contributed by atoms with Crippen LogP contribution in [-0.4, -0.2) is 7.11 Å². The lowest BCUT2D eigenvalue weighted by molar-refractivity contribution is 0.415. The first-order valence-corrected chi connectivity index (χ1v) is 11.8. The average molecular weight is 458 g/mol. The molecule has 35 heavy (non-hydrogen) atoms. The molecule has 0 bridgehead atoms. The van der Waals surface area contributed by atoms with Crippen LogP contribution in [-0.2, 0) is 0 Å². The van der Waals surface area contributed by atoms with E-state index in [1.54, 1.807) is 7.11 Å². The summed E-state index contributed by atoms with van der Waals surface area (Å²) in [6.07, 6.45) is 8.54. The van der Waals surface area contributed by atoms with Crippen LogP contribution in [0.2, 0.25) is 0 Å². The molecular formula is C33H31NO. The second-order valence-electron chi connectivity index (χ2n) is 8.42. The topological polar surface area (TPSA) is 12.5 Å². The summed E-state index contributed by atoms with van der Waals surface area (Å²) < 4.78 is 5.22. The smallest absolute Gasteiger partial charge is 0.118 e. The highest BCUT2D eigenvalue weighted by molar-refractivity contribution is 5.78. The van der Waals surface area contributed by atoms with Crippen molar-refractivity contribution in [1.29, 1.82) is 0 Å². The van der Waals surface area contributed by atoms with Gasteiger partial charge in [-0.05, 0) is 79.1 Å². The first-order valence-electron chi connectivity index (χ1n) is 11.8. The second kappa shape index (κ2) is 11.7. The number of methoxy groups -OCH3 is 1. The highest BCUT2D eigenvalue weighted by Crippen LogP contribution is 2.34. The highest BCUT2D eigenvalue weighted by Gasteiger charge is 2.11. The van der Waals surface area contributed by atoms with E-state index >= 15 is 0 Å². The van der Waals surface area contributed by atoms with Crippen molar-refractivity contribution in [2.45, 2.75) is 13.8 Å². The van der Waals surface area contributed by atoms with Crippen LogP contribution in [0.3, 0.4) is 0 Å². The van der Waals surface area contributed by atoms with Crippen LogP contribution in [0.15, 0.2) is 133 Å². The predicted octanol–water partition coefficient (Wildman–Crippen LogP) is 9.23. The number of anilines is 3. The van der Waals surface area contributed by atoms with Gasteiger partial charge in [-0.25, -0.2) is 0 Å². The molecule has 4 aromatic carbocycles. The number of benzene rings is 4. The van der Waals surface area contributed by atoms with E-state index in [9.17, 15) is 0 Å². The van der Waals surface area contributed by atoms with E-state index in [0.29, 0.717) is 0 Å². The van der Waals surface area contributed by atoms with Crippen LogP contribution in [0.5, 0.6) is 5.75 Å². The van der Waals surface area contributed by atoms with Gasteiger partial charge in [-0.2, -0.15) is 0 Å². The van der Waals surface area contributed by atoms with E-state index in [1.165, 1.54) is 16.7 Å². The summed E-state index contributed by atoms with van der Waals surface area (Å²) in [5.41, 5.74) is 8.20. The normalized spacial score (nSPS) is 12.1. The van der Waals surface area contributed by atoms with E-state index in [-0.39, 0.29) is 0 Å². The average Bonchev–Trinajstić information content (AvgIpc) is 2.91. The molecule has 4 rings (SSSR count). The molecule has 0 atom stereocenters. The Bertz CT molecular complexity index is 1260. The van der Waals surface area contributed by atoms with Crippen molar-refractivity contribution in [3.8, 4) is 5.75 Å².